The number of hydrogen-bond acceptors (Lipinski definition) is 4. The van der Waals surface area contributed by atoms with E-state index in [1.165, 1.54) is 0 Å². The molecule has 0 amide bonds. The van der Waals surface area contributed by atoms with E-state index in [1.54, 1.807) is 13.8 Å². The standard InChI is InChI=1S/C9H21O4P/c1-4-7-8-9(10)14(11,12-5-2)13-6-3/h9-10H,4-8H2,1-3H3/t9-/m1/s1. The highest BCUT2D eigenvalue weighted by molar-refractivity contribution is 7.54. The summed E-state index contributed by atoms with van der Waals surface area (Å²) < 4.78 is 21.9. The van der Waals surface area contributed by atoms with Gasteiger partial charge in [0.25, 0.3) is 0 Å². The normalized spacial score (nSPS) is 14.3. The number of aliphatic hydroxyl groups excluding tert-OH is 1. The molecule has 4 nitrogen and oxygen atoms in total. The molecule has 0 unspecified atom stereocenters. The lowest BCUT2D eigenvalue weighted by atomic mass is 10.3. The average Bonchev–Trinajstić information content (AvgIpc) is 2.15. The molecule has 0 rings (SSSR count). The predicted molar refractivity (Wildman–Crippen MR) is 56.4 cm³/mol. The Morgan fingerprint density at radius 2 is 1.71 bits per heavy atom. The number of unbranched alkanes of at least 4 members (excludes halogenated alkanes) is 1. The van der Waals surface area contributed by atoms with E-state index in [2.05, 4.69) is 0 Å². The molecule has 0 bridgehead atoms. The molecule has 1 atom stereocenters. The number of aliphatic hydroxyl groups is 1. The molecule has 0 radical (unpaired) electrons. The molecule has 0 aromatic carbocycles. The highest BCUT2D eigenvalue weighted by Gasteiger charge is 2.33. The Labute approximate surface area is 86.1 Å². The second kappa shape index (κ2) is 7.41. The van der Waals surface area contributed by atoms with Crippen LogP contribution in [0.1, 0.15) is 40.0 Å². The van der Waals surface area contributed by atoms with Gasteiger partial charge < -0.3 is 14.2 Å². The van der Waals surface area contributed by atoms with Crippen LogP contribution in [-0.4, -0.2) is 24.2 Å². The smallest absolute Gasteiger partial charge is 0.358 e. The molecule has 0 heterocycles. The van der Waals surface area contributed by atoms with E-state index in [0.717, 1.165) is 12.8 Å². The summed E-state index contributed by atoms with van der Waals surface area (Å²) in [5.74, 6) is -0.984. The fourth-order valence-corrected chi connectivity index (χ4v) is 2.75. The van der Waals surface area contributed by atoms with Crippen molar-refractivity contribution in [3.63, 3.8) is 0 Å². The molecule has 0 fully saturated rings. The lowest BCUT2D eigenvalue weighted by Crippen LogP contribution is -2.12. The van der Waals surface area contributed by atoms with Crippen LogP contribution in [0.2, 0.25) is 0 Å². The Morgan fingerprint density at radius 3 is 2.07 bits per heavy atom. The van der Waals surface area contributed by atoms with Crippen molar-refractivity contribution in [2.24, 2.45) is 0 Å². The number of hydrogen-bond donors (Lipinski definition) is 1. The zero-order valence-corrected chi connectivity index (χ0v) is 10.1. The largest absolute Gasteiger partial charge is 0.380 e. The molecule has 0 aliphatic carbocycles. The van der Waals surface area contributed by atoms with Gasteiger partial charge in [0.2, 0.25) is 0 Å². The summed E-state index contributed by atoms with van der Waals surface area (Å²) in [4.78, 5) is 0. The van der Waals surface area contributed by atoms with Gasteiger partial charge in [-0.3, -0.25) is 4.57 Å². The molecule has 0 aromatic rings. The van der Waals surface area contributed by atoms with Crippen molar-refractivity contribution in [1.29, 1.82) is 0 Å². The van der Waals surface area contributed by atoms with Gasteiger partial charge in [0.05, 0.1) is 13.2 Å². The summed E-state index contributed by atoms with van der Waals surface area (Å²) >= 11 is 0. The van der Waals surface area contributed by atoms with Crippen molar-refractivity contribution < 1.29 is 18.7 Å². The van der Waals surface area contributed by atoms with Gasteiger partial charge in [-0.1, -0.05) is 19.8 Å². The summed E-state index contributed by atoms with van der Waals surface area (Å²) in [7, 11) is -3.28. The topological polar surface area (TPSA) is 55.8 Å². The van der Waals surface area contributed by atoms with Gasteiger partial charge >= 0.3 is 7.60 Å². The minimum absolute atomic E-state index is 0.292. The third-order valence-electron chi connectivity index (χ3n) is 1.80. The molecule has 86 valence electrons. The van der Waals surface area contributed by atoms with Gasteiger partial charge in [0, 0.05) is 0 Å². The van der Waals surface area contributed by atoms with Crippen molar-refractivity contribution in [3.8, 4) is 0 Å². The van der Waals surface area contributed by atoms with Crippen LogP contribution in [0.5, 0.6) is 0 Å². The van der Waals surface area contributed by atoms with Crippen molar-refractivity contribution in [3.05, 3.63) is 0 Å². The van der Waals surface area contributed by atoms with Crippen LogP contribution in [0.15, 0.2) is 0 Å². The van der Waals surface area contributed by atoms with Crippen molar-refractivity contribution in [1.82, 2.24) is 0 Å². The zero-order chi connectivity index (χ0) is 11.0. The monoisotopic (exact) mass is 224 g/mol. The van der Waals surface area contributed by atoms with Crippen LogP contribution in [-0.2, 0) is 13.6 Å². The summed E-state index contributed by atoms with van der Waals surface area (Å²) in [6.07, 6.45) is 2.24. The molecule has 0 saturated heterocycles. The summed E-state index contributed by atoms with van der Waals surface area (Å²) in [5.41, 5.74) is 0. The first-order valence-electron chi connectivity index (χ1n) is 5.17. The third-order valence-corrected chi connectivity index (χ3v) is 4.02. The van der Waals surface area contributed by atoms with E-state index >= 15 is 0 Å². The first-order valence-corrected chi connectivity index (χ1v) is 6.78. The van der Waals surface area contributed by atoms with Crippen LogP contribution in [0, 0.1) is 0 Å². The minimum Gasteiger partial charge on any atom is -0.380 e. The molecular formula is C9H21O4P. The van der Waals surface area contributed by atoms with Gasteiger partial charge in [-0.25, -0.2) is 0 Å². The highest BCUT2D eigenvalue weighted by atomic mass is 31.2. The van der Waals surface area contributed by atoms with E-state index < -0.39 is 13.4 Å². The first kappa shape index (κ1) is 14.1. The van der Waals surface area contributed by atoms with Gasteiger partial charge in [-0.15, -0.1) is 0 Å². The lowest BCUT2D eigenvalue weighted by Gasteiger charge is -2.21. The minimum atomic E-state index is -3.28. The van der Waals surface area contributed by atoms with Crippen LogP contribution in [0.25, 0.3) is 0 Å². The van der Waals surface area contributed by atoms with Gasteiger partial charge in [0.15, 0.2) is 5.85 Å². The van der Waals surface area contributed by atoms with Crippen LogP contribution in [0.4, 0.5) is 0 Å². The van der Waals surface area contributed by atoms with E-state index in [1.807, 2.05) is 6.92 Å². The van der Waals surface area contributed by atoms with Crippen LogP contribution < -0.4 is 0 Å². The Kier molecular flexibility index (Phi) is 7.47. The first-order chi connectivity index (χ1) is 6.60. The summed E-state index contributed by atoms with van der Waals surface area (Å²) in [6.45, 7) is 6.07. The quantitative estimate of drug-likeness (QED) is 0.644. The SMILES string of the molecule is CCCC[C@H](O)P(=O)(OCC)OCC. The van der Waals surface area contributed by atoms with Crippen LogP contribution >= 0.6 is 7.60 Å². The maximum Gasteiger partial charge on any atom is 0.358 e. The third kappa shape index (κ3) is 4.56. The van der Waals surface area contributed by atoms with E-state index in [4.69, 9.17) is 9.05 Å². The fraction of sp³-hybridized carbons (Fsp3) is 1.00. The molecule has 0 aliphatic rings. The van der Waals surface area contributed by atoms with E-state index in [-0.39, 0.29) is 0 Å². The Hall–Kier alpha value is 0.110. The second-order valence-corrected chi connectivity index (χ2v) is 5.19. The molecular weight excluding hydrogens is 203 g/mol. The average molecular weight is 224 g/mol. The Balaban J connectivity index is 4.23. The van der Waals surface area contributed by atoms with E-state index in [0.29, 0.717) is 19.6 Å². The molecule has 1 N–H and O–H groups in total. The lowest BCUT2D eigenvalue weighted by molar-refractivity contribution is 0.143. The van der Waals surface area contributed by atoms with Crippen molar-refractivity contribution in [2.45, 2.75) is 45.9 Å². The Bertz CT molecular complexity index is 174. The highest BCUT2D eigenvalue weighted by Crippen LogP contribution is 2.53. The fourth-order valence-electron chi connectivity index (χ4n) is 1.11. The molecule has 5 heteroatoms. The van der Waals surface area contributed by atoms with Crippen LogP contribution in [0.3, 0.4) is 0 Å². The molecule has 0 spiro atoms. The maximum absolute atomic E-state index is 11.9. The molecule has 0 saturated carbocycles. The maximum atomic E-state index is 11.9. The predicted octanol–water partition coefficient (Wildman–Crippen LogP) is 2.76. The van der Waals surface area contributed by atoms with Crippen molar-refractivity contribution >= 4 is 7.60 Å². The number of rotatable bonds is 8. The van der Waals surface area contributed by atoms with E-state index in [9.17, 15) is 9.67 Å². The molecule has 0 aromatic heterocycles. The van der Waals surface area contributed by atoms with Gasteiger partial charge in [0.1, 0.15) is 0 Å². The summed E-state index contributed by atoms with van der Waals surface area (Å²) in [5, 5.41) is 9.65. The molecule has 0 aliphatic heterocycles. The van der Waals surface area contributed by atoms with Gasteiger partial charge in [-0.05, 0) is 20.3 Å². The summed E-state index contributed by atoms with van der Waals surface area (Å²) in [6, 6.07) is 0. The molecule has 14 heavy (non-hydrogen) atoms. The second-order valence-electron chi connectivity index (χ2n) is 3.00. The zero-order valence-electron chi connectivity index (χ0n) is 9.23. The van der Waals surface area contributed by atoms with Gasteiger partial charge in [-0.2, -0.15) is 0 Å². The van der Waals surface area contributed by atoms with Crippen molar-refractivity contribution in [2.75, 3.05) is 13.2 Å². The Morgan fingerprint density at radius 1 is 1.21 bits per heavy atom.